The van der Waals surface area contributed by atoms with Crippen molar-refractivity contribution in [3.63, 3.8) is 0 Å². The van der Waals surface area contributed by atoms with Gasteiger partial charge in [-0.15, -0.1) is 0 Å². The van der Waals surface area contributed by atoms with Crippen LogP contribution in [0.1, 0.15) is 77.6 Å². The lowest BCUT2D eigenvalue weighted by atomic mass is 9.79. The predicted molar refractivity (Wildman–Crippen MR) is 83.6 cm³/mol. The third kappa shape index (κ3) is 4.19. The van der Waals surface area contributed by atoms with Crippen LogP contribution in [0.2, 0.25) is 0 Å². The third-order valence-corrected chi connectivity index (χ3v) is 5.59. The highest BCUT2D eigenvalue weighted by Crippen LogP contribution is 2.32. The second-order valence-corrected chi connectivity index (χ2v) is 6.82. The Labute approximate surface area is 120 Å². The molecule has 1 saturated heterocycles. The number of hydrogen-bond donors (Lipinski definition) is 1. The molecule has 19 heavy (non-hydrogen) atoms. The van der Waals surface area contributed by atoms with Gasteiger partial charge in [-0.1, -0.05) is 39.0 Å². The minimum absolute atomic E-state index is 0.465. The molecule has 0 aromatic rings. The van der Waals surface area contributed by atoms with Crippen molar-refractivity contribution in [1.29, 1.82) is 0 Å². The molecule has 0 amide bonds. The molecule has 1 aliphatic heterocycles. The molecule has 0 spiro atoms. The molecular weight excluding hydrogens is 232 g/mol. The number of piperidine rings is 1. The smallest absolute Gasteiger partial charge is 0.0190 e. The quantitative estimate of drug-likeness (QED) is 0.783. The van der Waals surface area contributed by atoms with Crippen molar-refractivity contribution < 1.29 is 0 Å². The summed E-state index contributed by atoms with van der Waals surface area (Å²) in [7, 11) is 2.19. The monoisotopic (exact) mass is 266 g/mol. The van der Waals surface area contributed by atoms with E-state index in [1.54, 1.807) is 0 Å². The summed E-state index contributed by atoms with van der Waals surface area (Å²) in [5.41, 5.74) is 0.465. The van der Waals surface area contributed by atoms with Crippen molar-refractivity contribution in [3.05, 3.63) is 0 Å². The summed E-state index contributed by atoms with van der Waals surface area (Å²) in [6, 6.07) is 0.885. The maximum atomic E-state index is 3.68. The van der Waals surface area contributed by atoms with Crippen LogP contribution in [0.5, 0.6) is 0 Å². The van der Waals surface area contributed by atoms with Crippen molar-refractivity contribution in [3.8, 4) is 0 Å². The Morgan fingerprint density at radius 2 is 1.89 bits per heavy atom. The Hall–Kier alpha value is -0.0800. The van der Waals surface area contributed by atoms with Crippen molar-refractivity contribution in [2.75, 3.05) is 20.1 Å². The first-order chi connectivity index (χ1) is 9.29. The standard InChI is InChI=1S/C17H34N2/c1-3-9-16-10-5-8-14-19(16)15-13-17(18-2)11-6-4-7-12-17/h16,18H,3-15H2,1-2H3. The molecule has 2 fully saturated rings. The maximum absolute atomic E-state index is 3.68. The number of likely N-dealkylation sites (tertiary alicyclic amines) is 1. The normalized spacial score (nSPS) is 28.4. The van der Waals surface area contributed by atoms with E-state index in [0.29, 0.717) is 5.54 Å². The molecule has 1 N–H and O–H groups in total. The van der Waals surface area contributed by atoms with Crippen molar-refractivity contribution in [2.45, 2.75) is 89.1 Å². The molecule has 2 rings (SSSR count). The zero-order valence-corrected chi connectivity index (χ0v) is 13.2. The molecule has 112 valence electrons. The molecule has 0 radical (unpaired) electrons. The average Bonchev–Trinajstić information content (AvgIpc) is 2.48. The summed E-state index contributed by atoms with van der Waals surface area (Å²) in [6.07, 6.45) is 15.6. The van der Waals surface area contributed by atoms with Crippen LogP contribution in [-0.4, -0.2) is 36.6 Å². The van der Waals surface area contributed by atoms with E-state index < -0.39 is 0 Å². The van der Waals surface area contributed by atoms with Gasteiger partial charge in [-0.05, 0) is 52.1 Å². The number of hydrogen-bond acceptors (Lipinski definition) is 2. The predicted octanol–water partition coefficient (Wildman–Crippen LogP) is 3.95. The molecule has 1 aliphatic carbocycles. The van der Waals surface area contributed by atoms with Crippen LogP contribution in [0.4, 0.5) is 0 Å². The van der Waals surface area contributed by atoms with Crippen LogP contribution < -0.4 is 5.32 Å². The fourth-order valence-corrected chi connectivity index (χ4v) is 4.23. The fourth-order valence-electron chi connectivity index (χ4n) is 4.23. The van der Waals surface area contributed by atoms with Crippen molar-refractivity contribution in [1.82, 2.24) is 10.2 Å². The van der Waals surface area contributed by atoms with Gasteiger partial charge in [-0.3, -0.25) is 0 Å². The largest absolute Gasteiger partial charge is 0.314 e. The van der Waals surface area contributed by atoms with Crippen molar-refractivity contribution in [2.24, 2.45) is 0 Å². The minimum atomic E-state index is 0.465. The first-order valence-corrected chi connectivity index (χ1v) is 8.72. The molecule has 1 saturated carbocycles. The van der Waals surface area contributed by atoms with E-state index in [2.05, 4.69) is 24.2 Å². The number of nitrogens with zero attached hydrogens (tertiary/aromatic N) is 1. The highest BCUT2D eigenvalue weighted by molar-refractivity contribution is 4.91. The van der Waals surface area contributed by atoms with Gasteiger partial charge in [-0.2, -0.15) is 0 Å². The lowest BCUT2D eigenvalue weighted by Crippen LogP contribution is -2.49. The zero-order valence-electron chi connectivity index (χ0n) is 13.2. The lowest BCUT2D eigenvalue weighted by Gasteiger charge is -2.42. The number of rotatable bonds is 6. The minimum Gasteiger partial charge on any atom is -0.314 e. The van der Waals surface area contributed by atoms with Crippen LogP contribution >= 0.6 is 0 Å². The second-order valence-electron chi connectivity index (χ2n) is 6.82. The van der Waals surface area contributed by atoms with E-state index in [0.717, 1.165) is 6.04 Å². The Kier molecular flexibility index (Phi) is 6.15. The fraction of sp³-hybridized carbons (Fsp3) is 1.00. The van der Waals surface area contributed by atoms with Gasteiger partial charge in [0.2, 0.25) is 0 Å². The van der Waals surface area contributed by atoms with E-state index in [4.69, 9.17) is 0 Å². The van der Waals surface area contributed by atoms with Crippen molar-refractivity contribution >= 4 is 0 Å². The molecule has 0 aromatic heterocycles. The Morgan fingerprint density at radius 3 is 2.58 bits per heavy atom. The highest BCUT2D eigenvalue weighted by Gasteiger charge is 2.31. The van der Waals surface area contributed by atoms with Gasteiger partial charge < -0.3 is 10.2 Å². The summed E-state index contributed by atoms with van der Waals surface area (Å²) in [5.74, 6) is 0. The van der Waals surface area contributed by atoms with Crippen LogP contribution in [0.25, 0.3) is 0 Å². The van der Waals surface area contributed by atoms with Gasteiger partial charge in [0.1, 0.15) is 0 Å². The van der Waals surface area contributed by atoms with Crippen LogP contribution in [0.15, 0.2) is 0 Å². The van der Waals surface area contributed by atoms with Gasteiger partial charge in [0.15, 0.2) is 0 Å². The SMILES string of the molecule is CCCC1CCCCN1CCC1(NC)CCCCC1. The van der Waals surface area contributed by atoms with E-state index >= 15 is 0 Å². The third-order valence-electron chi connectivity index (χ3n) is 5.59. The highest BCUT2D eigenvalue weighted by atomic mass is 15.2. The molecule has 0 bridgehead atoms. The van der Waals surface area contributed by atoms with Crippen LogP contribution in [0.3, 0.4) is 0 Å². The van der Waals surface area contributed by atoms with Crippen LogP contribution in [0, 0.1) is 0 Å². The molecule has 2 heteroatoms. The summed E-state index contributed by atoms with van der Waals surface area (Å²) in [4.78, 5) is 2.81. The molecular formula is C17H34N2. The molecule has 1 atom stereocenters. The first kappa shape index (κ1) is 15.3. The van der Waals surface area contributed by atoms with Gasteiger partial charge in [-0.25, -0.2) is 0 Å². The van der Waals surface area contributed by atoms with Gasteiger partial charge in [0.05, 0.1) is 0 Å². The second kappa shape index (κ2) is 7.64. The Balaban J connectivity index is 1.84. The molecule has 2 nitrogen and oxygen atoms in total. The van der Waals surface area contributed by atoms with Gasteiger partial charge >= 0.3 is 0 Å². The summed E-state index contributed by atoms with van der Waals surface area (Å²) in [6.45, 7) is 5.01. The summed E-state index contributed by atoms with van der Waals surface area (Å²) >= 11 is 0. The van der Waals surface area contributed by atoms with E-state index in [1.807, 2.05) is 0 Å². The van der Waals surface area contributed by atoms with Gasteiger partial charge in [0, 0.05) is 18.1 Å². The average molecular weight is 266 g/mol. The Morgan fingerprint density at radius 1 is 1.11 bits per heavy atom. The number of nitrogens with one attached hydrogen (secondary N) is 1. The van der Waals surface area contributed by atoms with E-state index in [9.17, 15) is 0 Å². The topological polar surface area (TPSA) is 15.3 Å². The molecule has 1 unspecified atom stereocenters. The first-order valence-electron chi connectivity index (χ1n) is 8.72. The molecule has 0 aromatic carbocycles. The lowest BCUT2D eigenvalue weighted by molar-refractivity contribution is 0.112. The zero-order chi connectivity index (χ0) is 13.6. The van der Waals surface area contributed by atoms with Crippen LogP contribution in [-0.2, 0) is 0 Å². The molecule has 1 heterocycles. The van der Waals surface area contributed by atoms with E-state index in [1.165, 1.54) is 83.7 Å². The Bertz CT molecular complexity index is 244. The summed E-state index contributed by atoms with van der Waals surface area (Å²) < 4.78 is 0. The molecule has 2 aliphatic rings. The van der Waals surface area contributed by atoms with E-state index in [-0.39, 0.29) is 0 Å². The van der Waals surface area contributed by atoms with Gasteiger partial charge in [0.25, 0.3) is 0 Å². The maximum Gasteiger partial charge on any atom is 0.0190 e. The summed E-state index contributed by atoms with van der Waals surface area (Å²) in [5, 5.41) is 3.68.